The molecule has 5 nitrogen and oxygen atoms in total. The zero-order chi connectivity index (χ0) is 21.6. The Kier molecular flexibility index (Phi) is 6.80. The summed E-state index contributed by atoms with van der Waals surface area (Å²) in [6, 6.07) is 16.2. The first kappa shape index (κ1) is 21.3. The SMILES string of the molecule is O=C(c1ccccc1)c1ccccc1C(=O)N1CCC(NC(=O)C2CCCCC2)CC1. The van der Waals surface area contributed by atoms with Crippen molar-refractivity contribution in [2.45, 2.75) is 51.0 Å². The number of nitrogens with one attached hydrogen (secondary N) is 1. The van der Waals surface area contributed by atoms with E-state index in [1.54, 1.807) is 41.3 Å². The molecule has 0 bridgehead atoms. The first-order chi connectivity index (χ1) is 15.1. The molecule has 2 aromatic carbocycles. The Morgan fingerprint density at radius 3 is 2.03 bits per heavy atom. The van der Waals surface area contributed by atoms with Crippen LogP contribution in [0.15, 0.2) is 54.6 Å². The lowest BCUT2D eigenvalue weighted by Gasteiger charge is -2.34. The minimum absolute atomic E-state index is 0.114. The zero-order valence-corrected chi connectivity index (χ0v) is 17.9. The number of carbonyl (C=O) groups is 3. The van der Waals surface area contributed by atoms with E-state index in [9.17, 15) is 14.4 Å². The van der Waals surface area contributed by atoms with Gasteiger partial charge in [-0.1, -0.05) is 67.8 Å². The standard InChI is InChI=1S/C26H30N2O3/c29-24(19-9-3-1-4-10-19)22-13-7-8-14-23(22)26(31)28-17-15-21(16-18-28)27-25(30)20-11-5-2-6-12-20/h1,3-4,7-10,13-14,20-21H,2,5-6,11-12,15-18H2,(H,27,30). The number of likely N-dealkylation sites (tertiary alicyclic amines) is 1. The van der Waals surface area contributed by atoms with E-state index in [-0.39, 0.29) is 29.6 Å². The molecule has 2 aliphatic rings. The predicted molar refractivity (Wildman–Crippen MR) is 120 cm³/mol. The molecule has 0 atom stereocenters. The van der Waals surface area contributed by atoms with Gasteiger partial charge in [-0.25, -0.2) is 0 Å². The number of hydrogen-bond donors (Lipinski definition) is 1. The fourth-order valence-electron chi connectivity index (χ4n) is 4.69. The largest absolute Gasteiger partial charge is 0.353 e. The number of piperidine rings is 1. The number of nitrogens with zero attached hydrogens (tertiary/aromatic N) is 1. The Balaban J connectivity index is 1.38. The molecule has 31 heavy (non-hydrogen) atoms. The normalized spacial score (nSPS) is 17.9. The molecule has 2 aromatic rings. The Morgan fingerprint density at radius 1 is 0.742 bits per heavy atom. The fourth-order valence-corrected chi connectivity index (χ4v) is 4.69. The van der Waals surface area contributed by atoms with Crippen molar-refractivity contribution in [3.05, 3.63) is 71.3 Å². The van der Waals surface area contributed by atoms with Crippen LogP contribution in [-0.4, -0.2) is 41.6 Å². The van der Waals surface area contributed by atoms with E-state index >= 15 is 0 Å². The number of rotatable bonds is 5. The lowest BCUT2D eigenvalue weighted by atomic mass is 9.88. The molecular weight excluding hydrogens is 388 g/mol. The van der Waals surface area contributed by atoms with Gasteiger partial charge in [-0.3, -0.25) is 14.4 Å². The molecule has 162 valence electrons. The van der Waals surface area contributed by atoms with Gasteiger partial charge in [0.25, 0.3) is 5.91 Å². The maximum atomic E-state index is 13.2. The van der Waals surface area contributed by atoms with Gasteiger partial charge in [-0.15, -0.1) is 0 Å². The molecule has 0 radical (unpaired) electrons. The van der Waals surface area contributed by atoms with Crippen LogP contribution >= 0.6 is 0 Å². The molecule has 0 spiro atoms. The van der Waals surface area contributed by atoms with Crippen LogP contribution in [0.3, 0.4) is 0 Å². The van der Waals surface area contributed by atoms with E-state index in [0.717, 1.165) is 38.5 Å². The highest BCUT2D eigenvalue weighted by Gasteiger charge is 2.29. The third-order valence-corrected chi connectivity index (χ3v) is 6.54. The van der Waals surface area contributed by atoms with Crippen molar-refractivity contribution in [1.29, 1.82) is 0 Å². The van der Waals surface area contributed by atoms with Crippen LogP contribution in [0.25, 0.3) is 0 Å². The summed E-state index contributed by atoms with van der Waals surface area (Å²) in [5, 5.41) is 3.21. The summed E-state index contributed by atoms with van der Waals surface area (Å²) in [7, 11) is 0. The smallest absolute Gasteiger partial charge is 0.254 e. The second kappa shape index (κ2) is 9.90. The molecule has 1 aliphatic carbocycles. The summed E-state index contributed by atoms with van der Waals surface area (Å²) in [5.41, 5.74) is 1.46. The summed E-state index contributed by atoms with van der Waals surface area (Å²) in [6.07, 6.45) is 7.01. The predicted octanol–water partition coefficient (Wildman–Crippen LogP) is 4.22. The molecule has 2 fully saturated rings. The van der Waals surface area contributed by atoms with Crippen molar-refractivity contribution in [3.8, 4) is 0 Å². The minimum Gasteiger partial charge on any atom is -0.353 e. The van der Waals surface area contributed by atoms with Gasteiger partial charge < -0.3 is 10.2 Å². The quantitative estimate of drug-likeness (QED) is 0.740. The van der Waals surface area contributed by atoms with E-state index in [4.69, 9.17) is 0 Å². The van der Waals surface area contributed by atoms with Crippen molar-refractivity contribution in [3.63, 3.8) is 0 Å². The van der Waals surface area contributed by atoms with Gasteiger partial charge in [-0.05, 0) is 31.7 Å². The van der Waals surface area contributed by atoms with Crippen LogP contribution in [0.2, 0.25) is 0 Å². The number of carbonyl (C=O) groups excluding carboxylic acids is 3. The molecule has 1 aliphatic heterocycles. The second-order valence-electron chi connectivity index (χ2n) is 8.65. The molecule has 5 heteroatoms. The molecule has 1 heterocycles. The maximum Gasteiger partial charge on any atom is 0.254 e. The maximum absolute atomic E-state index is 13.2. The van der Waals surface area contributed by atoms with E-state index in [1.165, 1.54) is 6.42 Å². The van der Waals surface area contributed by atoms with Crippen LogP contribution in [0, 0.1) is 5.92 Å². The number of benzene rings is 2. The molecule has 0 unspecified atom stereocenters. The van der Waals surface area contributed by atoms with Gasteiger partial charge in [0.15, 0.2) is 5.78 Å². The first-order valence-corrected chi connectivity index (χ1v) is 11.4. The van der Waals surface area contributed by atoms with Crippen LogP contribution < -0.4 is 5.32 Å². The average Bonchev–Trinajstić information content (AvgIpc) is 2.84. The van der Waals surface area contributed by atoms with Crippen LogP contribution in [0.4, 0.5) is 0 Å². The van der Waals surface area contributed by atoms with Crippen LogP contribution in [-0.2, 0) is 4.79 Å². The Morgan fingerprint density at radius 2 is 1.35 bits per heavy atom. The Hall–Kier alpha value is -2.95. The Labute approximate surface area is 183 Å². The summed E-state index contributed by atoms with van der Waals surface area (Å²) < 4.78 is 0. The third kappa shape index (κ3) is 5.04. The lowest BCUT2D eigenvalue weighted by molar-refractivity contribution is -0.126. The van der Waals surface area contributed by atoms with E-state index in [1.807, 2.05) is 18.2 Å². The van der Waals surface area contributed by atoms with Gasteiger partial charge in [0.05, 0.1) is 5.56 Å². The average molecular weight is 419 g/mol. The number of ketones is 1. The highest BCUT2D eigenvalue weighted by Crippen LogP contribution is 2.25. The highest BCUT2D eigenvalue weighted by molar-refractivity contribution is 6.15. The molecule has 0 aromatic heterocycles. The van der Waals surface area contributed by atoms with Crippen molar-refractivity contribution in [1.82, 2.24) is 10.2 Å². The van der Waals surface area contributed by atoms with Crippen molar-refractivity contribution in [2.24, 2.45) is 5.92 Å². The summed E-state index contributed by atoms with van der Waals surface area (Å²) in [4.78, 5) is 40.5. The zero-order valence-electron chi connectivity index (χ0n) is 17.9. The third-order valence-electron chi connectivity index (χ3n) is 6.54. The van der Waals surface area contributed by atoms with Gasteiger partial charge in [0.1, 0.15) is 0 Å². The number of amides is 2. The van der Waals surface area contributed by atoms with Crippen LogP contribution in [0.5, 0.6) is 0 Å². The summed E-state index contributed by atoms with van der Waals surface area (Å²) in [5.74, 6) is 0.0867. The number of hydrogen-bond acceptors (Lipinski definition) is 3. The van der Waals surface area contributed by atoms with E-state index < -0.39 is 0 Å². The Bertz CT molecular complexity index is 927. The minimum atomic E-state index is -0.140. The molecule has 2 amide bonds. The molecule has 4 rings (SSSR count). The monoisotopic (exact) mass is 418 g/mol. The van der Waals surface area contributed by atoms with Crippen LogP contribution in [0.1, 0.15) is 71.2 Å². The van der Waals surface area contributed by atoms with E-state index in [0.29, 0.717) is 29.8 Å². The fraction of sp³-hybridized carbons (Fsp3) is 0.423. The molecule has 1 saturated carbocycles. The molecule has 1 saturated heterocycles. The van der Waals surface area contributed by atoms with Gasteiger partial charge in [0.2, 0.25) is 5.91 Å². The highest BCUT2D eigenvalue weighted by atomic mass is 16.2. The van der Waals surface area contributed by atoms with Crippen molar-refractivity contribution < 1.29 is 14.4 Å². The first-order valence-electron chi connectivity index (χ1n) is 11.4. The molecule has 1 N–H and O–H groups in total. The second-order valence-corrected chi connectivity index (χ2v) is 8.65. The topological polar surface area (TPSA) is 66.5 Å². The van der Waals surface area contributed by atoms with Gasteiger partial charge in [-0.2, -0.15) is 0 Å². The summed E-state index contributed by atoms with van der Waals surface area (Å²) >= 11 is 0. The van der Waals surface area contributed by atoms with Gasteiger partial charge in [0, 0.05) is 36.2 Å². The molecular formula is C26H30N2O3. The van der Waals surface area contributed by atoms with Crippen molar-refractivity contribution >= 4 is 17.6 Å². The lowest BCUT2D eigenvalue weighted by Crippen LogP contribution is -2.48. The van der Waals surface area contributed by atoms with E-state index in [2.05, 4.69) is 5.32 Å². The summed E-state index contributed by atoms with van der Waals surface area (Å²) in [6.45, 7) is 1.17. The van der Waals surface area contributed by atoms with Gasteiger partial charge >= 0.3 is 0 Å². The van der Waals surface area contributed by atoms with Crippen molar-refractivity contribution in [2.75, 3.05) is 13.1 Å².